The zero-order chi connectivity index (χ0) is 19.4. The standard InChI is InChI=1S/C20H23FN2O3S/c1-2-15-5-7-16(8-6-15)14-22-20(24)19-4-3-13-23(19)27(25,26)18-11-9-17(21)10-12-18/h5-12,19H,2-4,13-14H2,1H3,(H,22,24). The molecule has 0 spiro atoms. The van der Waals surface area contributed by atoms with Gasteiger partial charge in [0.1, 0.15) is 11.9 Å². The molecule has 1 aliphatic rings. The summed E-state index contributed by atoms with van der Waals surface area (Å²) in [6.45, 7) is 2.71. The Morgan fingerprint density at radius 1 is 1.11 bits per heavy atom. The van der Waals surface area contributed by atoms with Gasteiger partial charge in [0, 0.05) is 13.1 Å². The van der Waals surface area contributed by atoms with Crippen molar-refractivity contribution in [2.75, 3.05) is 6.54 Å². The van der Waals surface area contributed by atoms with Gasteiger partial charge >= 0.3 is 0 Å². The van der Waals surface area contributed by atoms with Crippen LogP contribution >= 0.6 is 0 Å². The first kappa shape index (κ1) is 19.5. The van der Waals surface area contributed by atoms with Gasteiger partial charge in [0.05, 0.1) is 4.90 Å². The smallest absolute Gasteiger partial charge is 0.243 e. The van der Waals surface area contributed by atoms with E-state index in [-0.39, 0.29) is 17.3 Å². The van der Waals surface area contributed by atoms with E-state index in [0.29, 0.717) is 19.4 Å². The summed E-state index contributed by atoms with van der Waals surface area (Å²) in [5.41, 5.74) is 2.18. The maximum Gasteiger partial charge on any atom is 0.243 e. The van der Waals surface area contributed by atoms with E-state index in [2.05, 4.69) is 12.2 Å². The second-order valence-electron chi connectivity index (χ2n) is 6.62. The summed E-state index contributed by atoms with van der Waals surface area (Å²) < 4.78 is 40.0. The van der Waals surface area contributed by atoms with Crippen LogP contribution in [-0.4, -0.2) is 31.2 Å². The number of carbonyl (C=O) groups is 1. The molecule has 7 heteroatoms. The predicted octanol–water partition coefficient (Wildman–Crippen LogP) is 2.86. The van der Waals surface area contributed by atoms with Crippen LogP contribution in [0, 0.1) is 5.82 Å². The van der Waals surface area contributed by atoms with Gasteiger partial charge in [-0.15, -0.1) is 0 Å². The van der Waals surface area contributed by atoms with Crippen LogP contribution in [0.1, 0.15) is 30.9 Å². The third-order valence-electron chi connectivity index (χ3n) is 4.82. The van der Waals surface area contributed by atoms with E-state index < -0.39 is 21.9 Å². The lowest BCUT2D eigenvalue weighted by atomic mass is 10.1. The van der Waals surface area contributed by atoms with Crippen LogP contribution in [-0.2, 0) is 27.8 Å². The van der Waals surface area contributed by atoms with Crippen LogP contribution in [0.2, 0.25) is 0 Å². The van der Waals surface area contributed by atoms with Crippen molar-refractivity contribution >= 4 is 15.9 Å². The van der Waals surface area contributed by atoms with Gasteiger partial charge in [0.15, 0.2) is 0 Å². The fourth-order valence-corrected chi connectivity index (χ4v) is 4.89. The van der Waals surface area contributed by atoms with Crippen molar-refractivity contribution < 1.29 is 17.6 Å². The molecule has 27 heavy (non-hydrogen) atoms. The minimum Gasteiger partial charge on any atom is -0.351 e. The monoisotopic (exact) mass is 390 g/mol. The van der Waals surface area contributed by atoms with E-state index in [0.717, 1.165) is 24.1 Å². The first-order chi connectivity index (χ1) is 12.9. The second-order valence-corrected chi connectivity index (χ2v) is 8.51. The van der Waals surface area contributed by atoms with Gasteiger partial charge in [-0.25, -0.2) is 12.8 Å². The third-order valence-corrected chi connectivity index (χ3v) is 6.75. The van der Waals surface area contributed by atoms with Crippen molar-refractivity contribution in [3.8, 4) is 0 Å². The maximum absolute atomic E-state index is 13.1. The van der Waals surface area contributed by atoms with E-state index in [1.165, 1.54) is 22.0 Å². The van der Waals surface area contributed by atoms with Crippen molar-refractivity contribution in [1.82, 2.24) is 9.62 Å². The first-order valence-electron chi connectivity index (χ1n) is 9.04. The van der Waals surface area contributed by atoms with Gasteiger partial charge in [-0.2, -0.15) is 4.31 Å². The maximum atomic E-state index is 13.1. The SMILES string of the molecule is CCc1ccc(CNC(=O)C2CCCN2S(=O)(=O)c2ccc(F)cc2)cc1. The molecule has 1 unspecified atom stereocenters. The number of hydrogen-bond donors (Lipinski definition) is 1. The number of nitrogens with zero attached hydrogens (tertiary/aromatic N) is 1. The molecule has 5 nitrogen and oxygen atoms in total. The Morgan fingerprint density at radius 3 is 2.37 bits per heavy atom. The summed E-state index contributed by atoms with van der Waals surface area (Å²) in [6.07, 6.45) is 2.04. The molecule has 1 atom stereocenters. The lowest BCUT2D eigenvalue weighted by Gasteiger charge is -2.23. The Bertz CT molecular complexity index is 896. The van der Waals surface area contributed by atoms with Crippen molar-refractivity contribution in [3.05, 3.63) is 65.5 Å². The summed E-state index contributed by atoms with van der Waals surface area (Å²) in [6, 6.07) is 11.9. The van der Waals surface area contributed by atoms with E-state index in [1.54, 1.807) is 0 Å². The fraction of sp³-hybridized carbons (Fsp3) is 0.350. The zero-order valence-corrected chi connectivity index (χ0v) is 16.0. The Labute approximate surface area is 159 Å². The molecule has 0 saturated carbocycles. The number of halogens is 1. The highest BCUT2D eigenvalue weighted by Gasteiger charge is 2.39. The normalized spacial score (nSPS) is 17.8. The zero-order valence-electron chi connectivity index (χ0n) is 15.2. The first-order valence-corrected chi connectivity index (χ1v) is 10.5. The molecule has 0 aliphatic carbocycles. The molecule has 1 heterocycles. The van der Waals surface area contributed by atoms with Crippen molar-refractivity contribution in [2.24, 2.45) is 0 Å². The van der Waals surface area contributed by atoms with Crippen LogP contribution in [0.5, 0.6) is 0 Å². The second kappa shape index (κ2) is 8.19. The highest BCUT2D eigenvalue weighted by molar-refractivity contribution is 7.89. The molecule has 3 rings (SSSR count). The van der Waals surface area contributed by atoms with Crippen molar-refractivity contribution in [2.45, 2.75) is 43.7 Å². The molecule has 1 aliphatic heterocycles. The molecule has 144 valence electrons. The summed E-state index contributed by atoms with van der Waals surface area (Å²) in [5.74, 6) is -0.809. The highest BCUT2D eigenvalue weighted by Crippen LogP contribution is 2.26. The van der Waals surface area contributed by atoms with E-state index in [4.69, 9.17) is 0 Å². The molecule has 0 bridgehead atoms. The molecule has 1 amide bonds. The van der Waals surface area contributed by atoms with Gasteiger partial charge in [-0.3, -0.25) is 4.79 Å². The molecule has 1 N–H and O–H groups in total. The van der Waals surface area contributed by atoms with Gasteiger partial charge in [0.25, 0.3) is 0 Å². The molecule has 1 saturated heterocycles. The summed E-state index contributed by atoms with van der Waals surface area (Å²) >= 11 is 0. The molecule has 2 aromatic carbocycles. The third kappa shape index (κ3) is 4.36. The van der Waals surface area contributed by atoms with Crippen LogP contribution < -0.4 is 5.32 Å². The largest absolute Gasteiger partial charge is 0.351 e. The predicted molar refractivity (Wildman–Crippen MR) is 101 cm³/mol. The Kier molecular flexibility index (Phi) is 5.92. The molecular formula is C20H23FN2O3S. The van der Waals surface area contributed by atoms with Crippen LogP contribution in [0.15, 0.2) is 53.4 Å². The van der Waals surface area contributed by atoms with E-state index in [9.17, 15) is 17.6 Å². The number of sulfonamides is 1. The number of nitrogens with one attached hydrogen (secondary N) is 1. The Morgan fingerprint density at radius 2 is 1.74 bits per heavy atom. The summed E-state index contributed by atoms with van der Waals surface area (Å²) in [7, 11) is -3.84. The van der Waals surface area contributed by atoms with Crippen LogP contribution in [0.4, 0.5) is 4.39 Å². The van der Waals surface area contributed by atoms with Crippen molar-refractivity contribution in [3.63, 3.8) is 0 Å². The van der Waals surface area contributed by atoms with Gasteiger partial charge < -0.3 is 5.32 Å². The highest BCUT2D eigenvalue weighted by atomic mass is 32.2. The quantitative estimate of drug-likeness (QED) is 0.825. The molecule has 2 aromatic rings. The van der Waals surface area contributed by atoms with Gasteiger partial charge in [0.2, 0.25) is 15.9 Å². The number of benzene rings is 2. The fourth-order valence-electron chi connectivity index (χ4n) is 3.23. The number of amides is 1. The van der Waals surface area contributed by atoms with Crippen molar-refractivity contribution in [1.29, 1.82) is 0 Å². The van der Waals surface area contributed by atoms with Gasteiger partial charge in [-0.05, 0) is 54.7 Å². The number of aryl methyl sites for hydroxylation is 1. The number of carbonyl (C=O) groups excluding carboxylic acids is 1. The van der Waals surface area contributed by atoms with E-state index in [1.807, 2.05) is 24.3 Å². The summed E-state index contributed by atoms with van der Waals surface area (Å²) in [5, 5.41) is 2.84. The van der Waals surface area contributed by atoms with Gasteiger partial charge in [-0.1, -0.05) is 31.2 Å². The Balaban J connectivity index is 1.69. The van der Waals surface area contributed by atoms with Crippen LogP contribution in [0.25, 0.3) is 0 Å². The number of rotatable bonds is 6. The van der Waals surface area contributed by atoms with Crippen LogP contribution in [0.3, 0.4) is 0 Å². The molecule has 1 fully saturated rings. The average Bonchev–Trinajstić information content (AvgIpc) is 3.18. The lowest BCUT2D eigenvalue weighted by molar-refractivity contribution is -0.124. The molecule has 0 radical (unpaired) electrons. The topological polar surface area (TPSA) is 66.5 Å². The molecular weight excluding hydrogens is 367 g/mol. The summed E-state index contributed by atoms with van der Waals surface area (Å²) in [4.78, 5) is 12.6. The Hall–Kier alpha value is -2.25. The lowest BCUT2D eigenvalue weighted by Crippen LogP contribution is -2.45. The minimum atomic E-state index is -3.84. The average molecular weight is 390 g/mol. The van der Waals surface area contributed by atoms with E-state index >= 15 is 0 Å². The minimum absolute atomic E-state index is 0.00115. The molecule has 0 aromatic heterocycles. The number of hydrogen-bond acceptors (Lipinski definition) is 3.